The largest absolute Gasteiger partial charge is 0.356 e. The highest BCUT2D eigenvalue weighted by Crippen LogP contribution is 1.97. The van der Waals surface area contributed by atoms with E-state index >= 15 is 0 Å². The lowest BCUT2D eigenvalue weighted by Crippen LogP contribution is -2.30. The summed E-state index contributed by atoms with van der Waals surface area (Å²) in [6, 6.07) is 1.95. The highest BCUT2D eigenvalue weighted by atomic mass is 16.1. The molecule has 0 aliphatic heterocycles. The molecule has 0 aliphatic carbocycles. The van der Waals surface area contributed by atoms with Crippen molar-refractivity contribution in [1.29, 1.82) is 0 Å². The fourth-order valence-electron chi connectivity index (χ4n) is 2.00. The van der Waals surface area contributed by atoms with Crippen molar-refractivity contribution in [2.24, 2.45) is 0 Å². The van der Waals surface area contributed by atoms with E-state index in [4.69, 9.17) is 0 Å². The molecule has 5 heteroatoms. The first-order valence-electron chi connectivity index (χ1n) is 7.14. The lowest BCUT2D eigenvalue weighted by Gasteiger charge is -2.17. The van der Waals surface area contributed by atoms with E-state index < -0.39 is 0 Å². The van der Waals surface area contributed by atoms with Gasteiger partial charge in [-0.3, -0.25) is 9.48 Å². The summed E-state index contributed by atoms with van der Waals surface area (Å²) in [7, 11) is 0. The lowest BCUT2D eigenvalue weighted by molar-refractivity contribution is -0.121. The van der Waals surface area contributed by atoms with Gasteiger partial charge in [0.15, 0.2) is 0 Å². The molecule has 0 radical (unpaired) electrons. The number of aromatic nitrogens is 2. The molecule has 1 N–H and O–H groups in total. The zero-order valence-electron chi connectivity index (χ0n) is 12.4. The van der Waals surface area contributed by atoms with Crippen molar-refractivity contribution in [3.05, 3.63) is 18.0 Å². The summed E-state index contributed by atoms with van der Waals surface area (Å²) in [5, 5.41) is 7.12. The van der Waals surface area contributed by atoms with Crippen LogP contribution < -0.4 is 5.32 Å². The van der Waals surface area contributed by atoms with Gasteiger partial charge >= 0.3 is 0 Å². The number of rotatable bonds is 9. The Morgan fingerprint density at radius 3 is 2.74 bits per heavy atom. The molecule has 19 heavy (non-hydrogen) atoms. The monoisotopic (exact) mass is 266 g/mol. The van der Waals surface area contributed by atoms with Crippen LogP contribution in [0, 0.1) is 6.92 Å². The van der Waals surface area contributed by atoms with E-state index in [2.05, 4.69) is 29.2 Å². The number of amides is 1. The van der Waals surface area contributed by atoms with E-state index in [0.717, 1.165) is 38.3 Å². The van der Waals surface area contributed by atoms with Gasteiger partial charge in [0.1, 0.15) is 0 Å². The van der Waals surface area contributed by atoms with E-state index in [0.29, 0.717) is 13.0 Å². The average molecular weight is 266 g/mol. The van der Waals surface area contributed by atoms with Crippen LogP contribution in [0.4, 0.5) is 0 Å². The maximum atomic E-state index is 11.7. The molecular weight excluding hydrogens is 240 g/mol. The molecule has 0 atom stereocenters. The van der Waals surface area contributed by atoms with Gasteiger partial charge in [-0.25, -0.2) is 0 Å². The topological polar surface area (TPSA) is 50.2 Å². The van der Waals surface area contributed by atoms with Crippen molar-refractivity contribution in [2.45, 2.75) is 40.2 Å². The zero-order chi connectivity index (χ0) is 14.1. The van der Waals surface area contributed by atoms with E-state index in [1.54, 1.807) is 6.20 Å². The number of nitrogens with zero attached hydrogens (tertiary/aromatic N) is 3. The first-order valence-corrected chi connectivity index (χ1v) is 7.14. The fraction of sp³-hybridized carbons (Fsp3) is 0.714. The normalized spacial score (nSPS) is 10.9. The Labute approximate surface area is 116 Å². The smallest absolute Gasteiger partial charge is 0.221 e. The Morgan fingerprint density at radius 1 is 1.42 bits per heavy atom. The minimum absolute atomic E-state index is 0.106. The molecule has 0 spiro atoms. The van der Waals surface area contributed by atoms with Crippen molar-refractivity contribution in [1.82, 2.24) is 20.0 Å². The van der Waals surface area contributed by atoms with Crippen LogP contribution in [0.15, 0.2) is 12.3 Å². The fourth-order valence-corrected chi connectivity index (χ4v) is 2.00. The Morgan fingerprint density at radius 2 is 2.16 bits per heavy atom. The van der Waals surface area contributed by atoms with Crippen LogP contribution in [0.5, 0.6) is 0 Å². The number of carbonyl (C=O) groups is 1. The third kappa shape index (κ3) is 5.87. The maximum Gasteiger partial charge on any atom is 0.221 e. The SMILES string of the molecule is CCN(CC)CCCNC(=O)CCn1nccc1C. The highest BCUT2D eigenvalue weighted by Gasteiger charge is 2.04. The summed E-state index contributed by atoms with van der Waals surface area (Å²) in [6.45, 7) is 10.9. The van der Waals surface area contributed by atoms with Crippen molar-refractivity contribution in [3.8, 4) is 0 Å². The Hall–Kier alpha value is -1.36. The van der Waals surface area contributed by atoms with Gasteiger partial charge in [-0.15, -0.1) is 0 Å². The van der Waals surface area contributed by atoms with Gasteiger partial charge in [-0.05, 0) is 39.0 Å². The first kappa shape index (κ1) is 15.7. The van der Waals surface area contributed by atoms with Crippen LogP contribution in [-0.4, -0.2) is 46.8 Å². The molecule has 5 nitrogen and oxygen atoms in total. The molecule has 0 aromatic carbocycles. The number of aryl methyl sites for hydroxylation is 2. The second-order valence-electron chi connectivity index (χ2n) is 4.68. The molecule has 0 fully saturated rings. The number of hydrogen-bond acceptors (Lipinski definition) is 3. The Kier molecular flexibility index (Phi) is 7.18. The van der Waals surface area contributed by atoms with Gasteiger partial charge in [0.2, 0.25) is 5.91 Å². The second kappa shape index (κ2) is 8.69. The summed E-state index contributed by atoms with van der Waals surface area (Å²) < 4.78 is 1.86. The van der Waals surface area contributed by atoms with Crippen LogP contribution in [0.25, 0.3) is 0 Å². The zero-order valence-corrected chi connectivity index (χ0v) is 12.4. The summed E-state index contributed by atoms with van der Waals surface area (Å²) in [4.78, 5) is 14.0. The highest BCUT2D eigenvalue weighted by molar-refractivity contribution is 5.75. The second-order valence-corrected chi connectivity index (χ2v) is 4.68. The number of nitrogens with one attached hydrogen (secondary N) is 1. The number of carbonyl (C=O) groups excluding carboxylic acids is 1. The minimum Gasteiger partial charge on any atom is -0.356 e. The molecule has 0 aliphatic rings. The van der Waals surface area contributed by atoms with Gasteiger partial charge < -0.3 is 10.2 Å². The molecule has 108 valence electrons. The molecule has 1 aromatic heterocycles. The van der Waals surface area contributed by atoms with Crippen molar-refractivity contribution < 1.29 is 4.79 Å². The van der Waals surface area contributed by atoms with E-state index in [-0.39, 0.29) is 5.91 Å². The molecule has 0 saturated carbocycles. The predicted molar refractivity (Wildman–Crippen MR) is 77.0 cm³/mol. The third-order valence-corrected chi connectivity index (χ3v) is 3.35. The lowest BCUT2D eigenvalue weighted by atomic mass is 10.3. The number of hydrogen-bond donors (Lipinski definition) is 1. The van der Waals surface area contributed by atoms with Crippen molar-refractivity contribution >= 4 is 5.91 Å². The molecule has 0 unspecified atom stereocenters. The quantitative estimate of drug-likeness (QED) is 0.688. The summed E-state index contributed by atoms with van der Waals surface area (Å²) in [5.41, 5.74) is 1.09. The van der Waals surface area contributed by atoms with Crippen LogP contribution in [0.3, 0.4) is 0 Å². The minimum atomic E-state index is 0.106. The van der Waals surface area contributed by atoms with Crippen molar-refractivity contribution in [2.75, 3.05) is 26.2 Å². The Balaban J connectivity index is 2.10. The van der Waals surface area contributed by atoms with Crippen molar-refractivity contribution in [3.63, 3.8) is 0 Å². The summed E-state index contributed by atoms with van der Waals surface area (Å²) >= 11 is 0. The third-order valence-electron chi connectivity index (χ3n) is 3.35. The molecular formula is C14H26N4O. The average Bonchev–Trinajstić information content (AvgIpc) is 2.82. The van der Waals surface area contributed by atoms with Gasteiger partial charge in [-0.1, -0.05) is 13.8 Å². The molecule has 1 rings (SSSR count). The van der Waals surface area contributed by atoms with Gasteiger partial charge in [-0.2, -0.15) is 5.10 Å². The van der Waals surface area contributed by atoms with Crippen LogP contribution in [-0.2, 0) is 11.3 Å². The van der Waals surface area contributed by atoms with Crippen LogP contribution >= 0.6 is 0 Å². The van der Waals surface area contributed by atoms with Gasteiger partial charge in [0, 0.05) is 31.4 Å². The molecule has 0 bridgehead atoms. The van der Waals surface area contributed by atoms with E-state index in [9.17, 15) is 4.79 Å². The molecule has 1 amide bonds. The van der Waals surface area contributed by atoms with E-state index in [1.807, 2.05) is 17.7 Å². The first-order chi connectivity index (χ1) is 9.17. The van der Waals surface area contributed by atoms with Crippen LogP contribution in [0.2, 0.25) is 0 Å². The summed E-state index contributed by atoms with van der Waals surface area (Å²) in [6.07, 6.45) is 3.26. The summed E-state index contributed by atoms with van der Waals surface area (Å²) in [5.74, 6) is 0.106. The van der Waals surface area contributed by atoms with Gasteiger partial charge in [0.25, 0.3) is 0 Å². The molecule has 0 saturated heterocycles. The molecule has 1 heterocycles. The predicted octanol–water partition coefficient (Wildman–Crippen LogP) is 1.43. The Bertz CT molecular complexity index is 371. The van der Waals surface area contributed by atoms with Crippen LogP contribution in [0.1, 0.15) is 32.4 Å². The van der Waals surface area contributed by atoms with Gasteiger partial charge in [0.05, 0.1) is 0 Å². The standard InChI is InChI=1S/C14H26N4O/c1-4-17(5-2)11-6-9-15-14(19)8-12-18-13(3)7-10-16-18/h7,10H,4-6,8-9,11-12H2,1-3H3,(H,15,19). The molecule has 1 aromatic rings. The maximum absolute atomic E-state index is 11.7. The van der Waals surface area contributed by atoms with E-state index in [1.165, 1.54) is 0 Å².